The van der Waals surface area contributed by atoms with Crippen molar-refractivity contribution in [3.8, 4) is 0 Å². The molecule has 0 unspecified atom stereocenters. The van der Waals surface area contributed by atoms with E-state index < -0.39 is 0 Å². The van der Waals surface area contributed by atoms with Crippen molar-refractivity contribution >= 4 is 5.96 Å². The van der Waals surface area contributed by atoms with Gasteiger partial charge in [-0.3, -0.25) is 4.99 Å². The van der Waals surface area contributed by atoms with E-state index in [4.69, 9.17) is 5.73 Å². The summed E-state index contributed by atoms with van der Waals surface area (Å²) in [5.74, 6) is 0.763. The van der Waals surface area contributed by atoms with Crippen LogP contribution in [0.25, 0.3) is 0 Å². The smallest absolute Gasteiger partial charge is 0.191 e. The Hall–Kier alpha value is -0.730. The summed E-state index contributed by atoms with van der Waals surface area (Å²) in [6, 6.07) is 0. The fourth-order valence-corrected chi connectivity index (χ4v) is 2.60. The number of rotatable bonds is 1. The number of guanidine groups is 1. The first-order valence-electron chi connectivity index (χ1n) is 4.86. The minimum absolute atomic E-state index is 0.332. The summed E-state index contributed by atoms with van der Waals surface area (Å²) < 4.78 is 0. The van der Waals surface area contributed by atoms with Crippen LogP contribution in [-0.4, -0.2) is 29.5 Å². The lowest BCUT2D eigenvalue weighted by Gasteiger charge is -2.35. The molecule has 2 aliphatic rings. The fraction of sp³-hybridized carbons (Fsp3) is 0.889. The summed E-state index contributed by atoms with van der Waals surface area (Å²) in [6.45, 7) is 4.11. The maximum atomic E-state index is 5.82. The van der Waals surface area contributed by atoms with Crippen LogP contribution in [0.1, 0.15) is 32.6 Å². The Kier molecular flexibility index (Phi) is 1.74. The van der Waals surface area contributed by atoms with Crippen LogP contribution in [0.2, 0.25) is 0 Å². The monoisotopic (exact) mass is 167 g/mol. The average Bonchev–Trinajstić information content (AvgIpc) is 2.63. The standard InChI is InChI=1S/C9H17N3/c1-2-12-8(10)11-7-9(12)5-3-4-6-9/h2-7H2,1H3,(H2,10,11). The van der Waals surface area contributed by atoms with Crippen molar-refractivity contribution in [1.82, 2.24) is 4.90 Å². The Morgan fingerprint density at radius 2 is 2.17 bits per heavy atom. The molecule has 12 heavy (non-hydrogen) atoms. The molecule has 1 saturated carbocycles. The van der Waals surface area contributed by atoms with E-state index in [0.29, 0.717) is 5.54 Å². The predicted octanol–water partition coefficient (Wildman–Crippen LogP) is 0.949. The van der Waals surface area contributed by atoms with Crippen molar-refractivity contribution in [3.63, 3.8) is 0 Å². The van der Waals surface area contributed by atoms with E-state index in [-0.39, 0.29) is 0 Å². The third-order valence-electron chi connectivity index (χ3n) is 3.23. The van der Waals surface area contributed by atoms with Crippen LogP contribution < -0.4 is 5.73 Å². The van der Waals surface area contributed by atoms with Gasteiger partial charge in [0.2, 0.25) is 0 Å². The van der Waals surface area contributed by atoms with Crippen molar-refractivity contribution in [2.75, 3.05) is 13.1 Å². The van der Waals surface area contributed by atoms with Crippen LogP contribution in [0.3, 0.4) is 0 Å². The largest absolute Gasteiger partial charge is 0.370 e. The van der Waals surface area contributed by atoms with Crippen LogP contribution in [0.15, 0.2) is 4.99 Å². The second-order valence-electron chi connectivity index (χ2n) is 3.85. The van der Waals surface area contributed by atoms with Gasteiger partial charge in [-0.2, -0.15) is 0 Å². The summed E-state index contributed by atoms with van der Waals surface area (Å²) in [5.41, 5.74) is 6.15. The molecule has 0 bridgehead atoms. The quantitative estimate of drug-likeness (QED) is 0.631. The number of nitrogens with two attached hydrogens (primary N) is 1. The minimum atomic E-state index is 0.332. The molecule has 0 atom stereocenters. The van der Waals surface area contributed by atoms with Gasteiger partial charge in [0.1, 0.15) is 0 Å². The van der Waals surface area contributed by atoms with Crippen LogP contribution in [0.4, 0.5) is 0 Å². The van der Waals surface area contributed by atoms with E-state index in [9.17, 15) is 0 Å². The second kappa shape index (κ2) is 2.64. The van der Waals surface area contributed by atoms with Crippen LogP contribution in [-0.2, 0) is 0 Å². The molecule has 0 amide bonds. The number of hydrogen-bond donors (Lipinski definition) is 1. The van der Waals surface area contributed by atoms with Gasteiger partial charge >= 0.3 is 0 Å². The van der Waals surface area contributed by atoms with E-state index in [1.54, 1.807) is 0 Å². The molecule has 1 fully saturated rings. The number of hydrogen-bond acceptors (Lipinski definition) is 3. The lowest BCUT2D eigenvalue weighted by atomic mass is 9.97. The van der Waals surface area contributed by atoms with Gasteiger partial charge in [-0.1, -0.05) is 12.8 Å². The third kappa shape index (κ3) is 0.919. The van der Waals surface area contributed by atoms with Crippen LogP contribution >= 0.6 is 0 Å². The highest BCUT2D eigenvalue weighted by molar-refractivity contribution is 5.81. The first-order chi connectivity index (χ1) is 5.78. The van der Waals surface area contributed by atoms with Gasteiger partial charge in [-0.05, 0) is 19.8 Å². The molecular weight excluding hydrogens is 150 g/mol. The third-order valence-corrected chi connectivity index (χ3v) is 3.23. The van der Waals surface area contributed by atoms with Gasteiger partial charge in [-0.15, -0.1) is 0 Å². The van der Waals surface area contributed by atoms with E-state index >= 15 is 0 Å². The number of likely N-dealkylation sites (N-methyl/N-ethyl adjacent to an activating group) is 1. The number of nitrogens with zero attached hydrogens (tertiary/aromatic N) is 2. The summed E-state index contributed by atoms with van der Waals surface area (Å²) in [7, 11) is 0. The molecule has 0 radical (unpaired) electrons. The SMILES string of the molecule is CCN1C(N)=NCC12CCCC2. The van der Waals surface area contributed by atoms with Crippen LogP contribution in [0.5, 0.6) is 0 Å². The highest BCUT2D eigenvalue weighted by atomic mass is 15.4. The van der Waals surface area contributed by atoms with E-state index in [2.05, 4.69) is 16.8 Å². The van der Waals surface area contributed by atoms with Crippen molar-refractivity contribution in [3.05, 3.63) is 0 Å². The molecule has 0 aromatic heterocycles. The highest BCUT2D eigenvalue weighted by Crippen LogP contribution is 2.37. The molecule has 2 N–H and O–H groups in total. The van der Waals surface area contributed by atoms with Gasteiger partial charge < -0.3 is 10.6 Å². The molecule has 0 saturated heterocycles. The van der Waals surface area contributed by atoms with E-state index in [1.807, 2.05) is 0 Å². The topological polar surface area (TPSA) is 41.6 Å². The lowest BCUT2D eigenvalue weighted by molar-refractivity contribution is 0.215. The van der Waals surface area contributed by atoms with Gasteiger partial charge in [0.05, 0.1) is 12.1 Å². The zero-order valence-electron chi connectivity index (χ0n) is 7.71. The van der Waals surface area contributed by atoms with Gasteiger partial charge in [0.25, 0.3) is 0 Å². The normalized spacial score (nSPS) is 26.8. The average molecular weight is 167 g/mol. The van der Waals surface area contributed by atoms with Crippen molar-refractivity contribution in [2.45, 2.75) is 38.1 Å². The van der Waals surface area contributed by atoms with Crippen LogP contribution in [0, 0.1) is 0 Å². The molecule has 2 rings (SSSR count). The zero-order chi connectivity index (χ0) is 8.60. The Labute approximate surface area is 73.6 Å². The molecule has 68 valence electrons. The molecule has 1 aliphatic heterocycles. The fourth-order valence-electron chi connectivity index (χ4n) is 2.60. The molecule has 1 aliphatic carbocycles. The first-order valence-corrected chi connectivity index (χ1v) is 4.86. The predicted molar refractivity (Wildman–Crippen MR) is 50.1 cm³/mol. The molecule has 1 spiro atoms. The Bertz CT molecular complexity index is 204. The minimum Gasteiger partial charge on any atom is -0.370 e. The highest BCUT2D eigenvalue weighted by Gasteiger charge is 2.43. The lowest BCUT2D eigenvalue weighted by Crippen LogP contribution is -2.49. The summed E-state index contributed by atoms with van der Waals surface area (Å²) >= 11 is 0. The maximum absolute atomic E-state index is 5.82. The molecule has 1 heterocycles. The maximum Gasteiger partial charge on any atom is 0.191 e. The summed E-state index contributed by atoms with van der Waals surface area (Å²) in [4.78, 5) is 6.64. The number of aliphatic imine (C=N–C) groups is 1. The molecule has 0 aromatic rings. The van der Waals surface area contributed by atoms with Gasteiger partial charge in [0.15, 0.2) is 5.96 Å². The Balaban J connectivity index is 2.18. The van der Waals surface area contributed by atoms with Gasteiger partial charge in [0, 0.05) is 6.54 Å². The Morgan fingerprint density at radius 3 is 2.75 bits per heavy atom. The van der Waals surface area contributed by atoms with Gasteiger partial charge in [-0.25, -0.2) is 0 Å². The van der Waals surface area contributed by atoms with Crippen molar-refractivity contribution in [1.29, 1.82) is 0 Å². The van der Waals surface area contributed by atoms with Crippen molar-refractivity contribution in [2.24, 2.45) is 10.7 Å². The molecular formula is C9H17N3. The summed E-state index contributed by atoms with van der Waals surface area (Å²) in [5, 5.41) is 0. The van der Waals surface area contributed by atoms with E-state index in [0.717, 1.165) is 19.0 Å². The molecule has 0 aromatic carbocycles. The summed E-state index contributed by atoms with van der Waals surface area (Å²) in [6.07, 6.45) is 5.26. The van der Waals surface area contributed by atoms with E-state index in [1.165, 1.54) is 25.7 Å². The zero-order valence-corrected chi connectivity index (χ0v) is 7.71. The molecule has 3 nitrogen and oxygen atoms in total. The molecule has 3 heteroatoms. The van der Waals surface area contributed by atoms with Crippen molar-refractivity contribution < 1.29 is 0 Å². The Morgan fingerprint density at radius 1 is 1.50 bits per heavy atom. The first kappa shape index (κ1) is 7.90. The second-order valence-corrected chi connectivity index (χ2v) is 3.85.